The SMILES string of the molecule is CCn1c(-c2ccc(O)c(N)c2)nc2cc(OC)ccc21. The third-order valence-corrected chi connectivity index (χ3v) is 3.56. The van der Waals surface area contributed by atoms with Gasteiger partial charge in [-0.25, -0.2) is 4.98 Å². The maximum absolute atomic E-state index is 9.56. The number of benzene rings is 2. The molecular weight excluding hydrogens is 266 g/mol. The fourth-order valence-electron chi connectivity index (χ4n) is 2.47. The van der Waals surface area contributed by atoms with Crippen molar-refractivity contribution in [3.63, 3.8) is 0 Å². The van der Waals surface area contributed by atoms with Crippen LogP contribution < -0.4 is 10.5 Å². The normalized spacial score (nSPS) is 11.0. The molecule has 0 radical (unpaired) electrons. The second-order valence-corrected chi connectivity index (χ2v) is 4.81. The molecule has 0 amide bonds. The zero-order valence-corrected chi connectivity index (χ0v) is 12.0. The number of anilines is 1. The highest BCUT2D eigenvalue weighted by molar-refractivity contribution is 5.82. The lowest BCUT2D eigenvalue weighted by Crippen LogP contribution is -1.98. The summed E-state index contributed by atoms with van der Waals surface area (Å²) in [5, 5.41) is 9.56. The van der Waals surface area contributed by atoms with Crippen molar-refractivity contribution >= 4 is 16.7 Å². The topological polar surface area (TPSA) is 73.3 Å². The summed E-state index contributed by atoms with van der Waals surface area (Å²) in [6.07, 6.45) is 0. The summed E-state index contributed by atoms with van der Waals surface area (Å²) in [7, 11) is 1.64. The van der Waals surface area contributed by atoms with Crippen molar-refractivity contribution in [2.75, 3.05) is 12.8 Å². The largest absolute Gasteiger partial charge is 0.506 e. The summed E-state index contributed by atoms with van der Waals surface area (Å²) in [5.74, 6) is 1.69. The number of hydrogen-bond acceptors (Lipinski definition) is 4. The van der Waals surface area contributed by atoms with E-state index in [9.17, 15) is 5.11 Å². The number of phenols is 1. The van der Waals surface area contributed by atoms with Crippen LogP contribution in [0.5, 0.6) is 11.5 Å². The molecule has 0 unspecified atom stereocenters. The first-order chi connectivity index (χ1) is 10.1. The van der Waals surface area contributed by atoms with Crippen molar-refractivity contribution in [2.45, 2.75) is 13.5 Å². The van der Waals surface area contributed by atoms with E-state index in [0.29, 0.717) is 5.69 Å². The summed E-state index contributed by atoms with van der Waals surface area (Å²) in [5.41, 5.74) is 8.92. The lowest BCUT2D eigenvalue weighted by molar-refractivity contribution is 0.415. The minimum atomic E-state index is 0.0829. The van der Waals surface area contributed by atoms with Crippen LogP contribution in [-0.4, -0.2) is 21.8 Å². The molecule has 5 nitrogen and oxygen atoms in total. The van der Waals surface area contributed by atoms with Crippen LogP contribution in [0.2, 0.25) is 0 Å². The first kappa shape index (κ1) is 13.3. The Balaban J connectivity index is 2.23. The number of methoxy groups -OCH3 is 1. The average molecular weight is 283 g/mol. The summed E-state index contributed by atoms with van der Waals surface area (Å²) in [4.78, 5) is 4.68. The molecule has 0 spiro atoms. The number of ether oxygens (including phenoxy) is 1. The number of aryl methyl sites for hydroxylation is 1. The van der Waals surface area contributed by atoms with Gasteiger partial charge in [0.1, 0.15) is 17.3 Å². The number of nitrogens with two attached hydrogens (primary N) is 1. The lowest BCUT2D eigenvalue weighted by Gasteiger charge is -2.07. The summed E-state index contributed by atoms with van der Waals surface area (Å²) in [6, 6.07) is 11.0. The number of imidazole rings is 1. The first-order valence-electron chi connectivity index (χ1n) is 6.77. The first-order valence-corrected chi connectivity index (χ1v) is 6.77. The minimum absolute atomic E-state index is 0.0829. The number of hydrogen-bond donors (Lipinski definition) is 2. The van der Waals surface area contributed by atoms with Crippen molar-refractivity contribution in [3.05, 3.63) is 36.4 Å². The Labute approximate surface area is 122 Å². The van der Waals surface area contributed by atoms with E-state index in [0.717, 1.165) is 34.7 Å². The van der Waals surface area contributed by atoms with Crippen LogP contribution in [0.1, 0.15) is 6.92 Å². The van der Waals surface area contributed by atoms with Gasteiger partial charge in [-0.1, -0.05) is 0 Å². The number of nitrogen functional groups attached to an aromatic ring is 1. The van der Waals surface area contributed by atoms with Crippen molar-refractivity contribution in [1.82, 2.24) is 9.55 Å². The Morgan fingerprint density at radius 3 is 2.71 bits per heavy atom. The van der Waals surface area contributed by atoms with Crippen LogP contribution in [0.4, 0.5) is 5.69 Å². The van der Waals surface area contributed by atoms with Gasteiger partial charge in [0, 0.05) is 18.2 Å². The van der Waals surface area contributed by atoms with E-state index < -0.39 is 0 Å². The predicted molar refractivity (Wildman–Crippen MR) is 83.5 cm³/mol. The van der Waals surface area contributed by atoms with E-state index in [1.165, 1.54) is 0 Å². The molecule has 0 aliphatic carbocycles. The van der Waals surface area contributed by atoms with Gasteiger partial charge in [-0.3, -0.25) is 0 Å². The lowest BCUT2D eigenvalue weighted by atomic mass is 10.2. The number of aromatic nitrogens is 2. The third-order valence-electron chi connectivity index (χ3n) is 3.56. The number of fused-ring (bicyclic) bond motifs is 1. The van der Waals surface area contributed by atoms with Crippen LogP contribution in [-0.2, 0) is 6.54 Å². The highest BCUT2D eigenvalue weighted by atomic mass is 16.5. The smallest absolute Gasteiger partial charge is 0.141 e. The van der Waals surface area contributed by atoms with Gasteiger partial charge in [-0.2, -0.15) is 0 Å². The molecule has 3 rings (SSSR count). The molecule has 0 saturated heterocycles. The molecule has 0 aliphatic rings. The van der Waals surface area contributed by atoms with E-state index in [1.54, 1.807) is 19.2 Å². The number of nitrogens with zero attached hydrogens (tertiary/aromatic N) is 2. The van der Waals surface area contributed by atoms with Gasteiger partial charge in [-0.15, -0.1) is 0 Å². The molecule has 3 N–H and O–H groups in total. The molecule has 0 aliphatic heterocycles. The number of rotatable bonds is 3. The van der Waals surface area contributed by atoms with E-state index in [2.05, 4.69) is 16.5 Å². The Kier molecular flexibility index (Phi) is 3.17. The van der Waals surface area contributed by atoms with E-state index >= 15 is 0 Å². The minimum Gasteiger partial charge on any atom is -0.506 e. The molecule has 0 atom stereocenters. The quantitative estimate of drug-likeness (QED) is 0.572. The zero-order chi connectivity index (χ0) is 15.0. The second kappa shape index (κ2) is 5.01. The average Bonchev–Trinajstić information content (AvgIpc) is 2.87. The summed E-state index contributed by atoms with van der Waals surface area (Å²) < 4.78 is 7.35. The molecule has 21 heavy (non-hydrogen) atoms. The van der Waals surface area contributed by atoms with Crippen molar-refractivity contribution in [1.29, 1.82) is 0 Å². The number of aromatic hydroxyl groups is 1. The molecule has 0 bridgehead atoms. The van der Waals surface area contributed by atoms with E-state index in [1.807, 2.05) is 24.3 Å². The molecular formula is C16H17N3O2. The Morgan fingerprint density at radius 1 is 1.24 bits per heavy atom. The van der Waals surface area contributed by atoms with Crippen LogP contribution >= 0.6 is 0 Å². The van der Waals surface area contributed by atoms with Gasteiger partial charge in [0.2, 0.25) is 0 Å². The molecule has 108 valence electrons. The molecule has 0 fully saturated rings. The van der Waals surface area contributed by atoms with Crippen LogP contribution in [0, 0.1) is 0 Å². The highest BCUT2D eigenvalue weighted by Crippen LogP contribution is 2.30. The fourth-order valence-corrected chi connectivity index (χ4v) is 2.47. The highest BCUT2D eigenvalue weighted by Gasteiger charge is 2.13. The Morgan fingerprint density at radius 2 is 2.05 bits per heavy atom. The van der Waals surface area contributed by atoms with Crippen molar-refractivity contribution in [3.8, 4) is 22.9 Å². The van der Waals surface area contributed by atoms with Crippen LogP contribution in [0.3, 0.4) is 0 Å². The van der Waals surface area contributed by atoms with Gasteiger partial charge in [0.15, 0.2) is 0 Å². The Bertz CT molecular complexity index is 809. The van der Waals surface area contributed by atoms with E-state index in [4.69, 9.17) is 10.5 Å². The van der Waals surface area contributed by atoms with Gasteiger partial charge in [0.25, 0.3) is 0 Å². The summed E-state index contributed by atoms with van der Waals surface area (Å²) >= 11 is 0. The summed E-state index contributed by atoms with van der Waals surface area (Å²) in [6.45, 7) is 2.86. The van der Waals surface area contributed by atoms with Gasteiger partial charge >= 0.3 is 0 Å². The molecule has 1 heterocycles. The predicted octanol–water partition coefficient (Wildman–Crippen LogP) is 3.02. The maximum atomic E-state index is 9.56. The second-order valence-electron chi connectivity index (χ2n) is 4.81. The molecule has 3 aromatic rings. The molecule has 2 aromatic carbocycles. The van der Waals surface area contributed by atoms with Crippen molar-refractivity contribution < 1.29 is 9.84 Å². The van der Waals surface area contributed by atoms with Gasteiger partial charge < -0.3 is 20.1 Å². The Hall–Kier alpha value is -2.69. The van der Waals surface area contributed by atoms with Crippen molar-refractivity contribution in [2.24, 2.45) is 0 Å². The monoisotopic (exact) mass is 283 g/mol. The van der Waals surface area contributed by atoms with Crippen LogP contribution in [0.25, 0.3) is 22.4 Å². The van der Waals surface area contributed by atoms with Gasteiger partial charge in [-0.05, 0) is 37.3 Å². The standard InChI is InChI=1S/C16H17N3O2/c1-3-19-14-6-5-11(21-2)9-13(14)18-16(19)10-4-7-15(20)12(17)8-10/h4-9,20H,3,17H2,1-2H3. The maximum Gasteiger partial charge on any atom is 0.141 e. The number of phenolic OH excluding ortho intramolecular Hbond substituents is 1. The zero-order valence-electron chi connectivity index (χ0n) is 12.0. The molecule has 5 heteroatoms. The third kappa shape index (κ3) is 2.16. The molecule has 0 saturated carbocycles. The molecule has 1 aromatic heterocycles. The fraction of sp³-hybridized carbons (Fsp3) is 0.188. The van der Waals surface area contributed by atoms with Gasteiger partial charge in [0.05, 0.1) is 23.8 Å². The van der Waals surface area contributed by atoms with E-state index in [-0.39, 0.29) is 5.75 Å². The van der Waals surface area contributed by atoms with Crippen LogP contribution in [0.15, 0.2) is 36.4 Å².